The second kappa shape index (κ2) is 6.06. The van der Waals surface area contributed by atoms with Gasteiger partial charge in [-0.1, -0.05) is 6.07 Å². The summed E-state index contributed by atoms with van der Waals surface area (Å²) in [6.07, 6.45) is 0.319. The molecule has 1 aromatic heterocycles. The molecule has 3 nitrogen and oxygen atoms in total. The maximum atomic E-state index is 5.56. The van der Waals surface area contributed by atoms with Crippen LogP contribution in [0.15, 0.2) is 18.2 Å². The van der Waals surface area contributed by atoms with Gasteiger partial charge in [-0.3, -0.25) is 0 Å². The number of nitrogens with one attached hydrogen (secondary N) is 1. The Morgan fingerprint density at radius 3 is 2.57 bits per heavy atom. The van der Waals surface area contributed by atoms with Crippen LogP contribution in [0.4, 0.5) is 0 Å². The number of aryl methyl sites for hydroxylation is 1. The lowest BCUT2D eigenvalue weighted by atomic mass is 10.2. The summed E-state index contributed by atoms with van der Waals surface area (Å²) in [7, 11) is 0. The van der Waals surface area contributed by atoms with Crippen LogP contribution in [0.1, 0.15) is 5.69 Å². The first-order chi connectivity index (χ1) is 5.84. The lowest BCUT2D eigenvalue weighted by molar-refractivity contribution is 0.136. The summed E-state index contributed by atoms with van der Waals surface area (Å²) in [6, 6.07) is 5.82. The maximum absolute atomic E-state index is 5.56. The van der Waals surface area contributed by atoms with Crippen molar-refractivity contribution in [2.24, 2.45) is 0 Å². The Balaban J connectivity index is 0.000000845. The zero-order chi connectivity index (χ0) is 8.39. The van der Waals surface area contributed by atoms with Crippen molar-refractivity contribution in [2.75, 3.05) is 13.1 Å². The van der Waals surface area contributed by atoms with Gasteiger partial charge in [0.05, 0.1) is 0 Å². The summed E-state index contributed by atoms with van der Waals surface area (Å²) in [6.45, 7) is 3.84. The van der Waals surface area contributed by atoms with Crippen LogP contribution < -0.4 is 10.1 Å². The quantitative estimate of drug-likeness (QED) is 0.848. The first-order valence-electron chi connectivity index (χ1n) is 4.15. The maximum Gasteiger partial charge on any atom is 0.213 e. The molecule has 14 heavy (non-hydrogen) atoms. The van der Waals surface area contributed by atoms with Gasteiger partial charge in [-0.15, -0.1) is 24.8 Å². The van der Waals surface area contributed by atoms with Gasteiger partial charge in [-0.05, 0) is 13.0 Å². The number of ether oxygens (including phenoxy) is 1. The zero-order valence-corrected chi connectivity index (χ0v) is 9.53. The van der Waals surface area contributed by atoms with Gasteiger partial charge in [0.2, 0.25) is 5.88 Å². The first-order valence-corrected chi connectivity index (χ1v) is 4.15. The fourth-order valence-corrected chi connectivity index (χ4v) is 1.10. The van der Waals surface area contributed by atoms with E-state index in [2.05, 4.69) is 10.3 Å². The van der Waals surface area contributed by atoms with E-state index >= 15 is 0 Å². The Morgan fingerprint density at radius 2 is 2.07 bits per heavy atom. The van der Waals surface area contributed by atoms with E-state index in [1.807, 2.05) is 25.1 Å². The summed E-state index contributed by atoms with van der Waals surface area (Å²) < 4.78 is 5.56. The second-order valence-corrected chi connectivity index (χ2v) is 3.02. The molecule has 1 saturated heterocycles. The summed E-state index contributed by atoms with van der Waals surface area (Å²) in [5.41, 5.74) is 1.000. The van der Waals surface area contributed by atoms with Crippen molar-refractivity contribution < 1.29 is 4.74 Å². The molecule has 1 fully saturated rings. The summed E-state index contributed by atoms with van der Waals surface area (Å²) in [5.74, 6) is 0.738. The van der Waals surface area contributed by atoms with Gasteiger partial charge in [-0.25, -0.2) is 4.98 Å². The van der Waals surface area contributed by atoms with E-state index in [0.717, 1.165) is 24.7 Å². The Labute approximate surface area is 96.1 Å². The highest BCUT2D eigenvalue weighted by atomic mass is 35.5. The predicted octanol–water partition coefficient (Wildman–Crippen LogP) is 1.58. The Kier molecular flexibility index (Phi) is 5.84. The molecule has 1 N–H and O–H groups in total. The number of halogens is 2. The third-order valence-corrected chi connectivity index (χ3v) is 1.89. The van der Waals surface area contributed by atoms with Crippen LogP contribution in [0.25, 0.3) is 0 Å². The highest BCUT2D eigenvalue weighted by molar-refractivity contribution is 5.85. The summed E-state index contributed by atoms with van der Waals surface area (Å²) in [5, 5.41) is 3.14. The molecule has 2 rings (SSSR count). The second-order valence-electron chi connectivity index (χ2n) is 3.02. The molecule has 0 amide bonds. The number of aromatic nitrogens is 1. The SMILES string of the molecule is Cc1cccc(OC2CNC2)n1.Cl.Cl. The minimum absolute atomic E-state index is 0. The molecular weight excluding hydrogens is 223 g/mol. The Morgan fingerprint density at radius 1 is 1.36 bits per heavy atom. The van der Waals surface area contributed by atoms with Crippen molar-refractivity contribution >= 4 is 24.8 Å². The first kappa shape index (κ1) is 13.5. The van der Waals surface area contributed by atoms with Crippen LogP contribution in [0.5, 0.6) is 5.88 Å². The molecule has 2 heterocycles. The van der Waals surface area contributed by atoms with E-state index in [1.54, 1.807) is 0 Å². The molecule has 0 radical (unpaired) electrons. The normalized spacial score (nSPS) is 14.6. The zero-order valence-electron chi connectivity index (χ0n) is 7.90. The molecule has 0 unspecified atom stereocenters. The summed E-state index contributed by atoms with van der Waals surface area (Å²) in [4.78, 5) is 4.24. The minimum Gasteiger partial charge on any atom is -0.472 e. The molecule has 0 aliphatic carbocycles. The molecule has 5 heteroatoms. The van der Waals surface area contributed by atoms with Crippen LogP contribution in [0.3, 0.4) is 0 Å². The van der Waals surface area contributed by atoms with E-state index in [4.69, 9.17) is 4.74 Å². The van der Waals surface area contributed by atoms with E-state index in [-0.39, 0.29) is 24.8 Å². The number of rotatable bonds is 2. The van der Waals surface area contributed by atoms with Gasteiger partial charge in [0.15, 0.2) is 0 Å². The van der Waals surface area contributed by atoms with Crippen LogP contribution in [-0.4, -0.2) is 24.2 Å². The molecular formula is C9H14Cl2N2O. The van der Waals surface area contributed by atoms with E-state index in [0.29, 0.717) is 6.10 Å². The van der Waals surface area contributed by atoms with E-state index in [9.17, 15) is 0 Å². The van der Waals surface area contributed by atoms with Gasteiger partial charge in [0, 0.05) is 24.8 Å². The monoisotopic (exact) mass is 236 g/mol. The van der Waals surface area contributed by atoms with Gasteiger partial charge in [0.1, 0.15) is 6.10 Å². The van der Waals surface area contributed by atoms with E-state index in [1.165, 1.54) is 0 Å². The molecule has 0 atom stereocenters. The fourth-order valence-electron chi connectivity index (χ4n) is 1.10. The number of nitrogens with zero attached hydrogens (tertiary/aromatic N) is 1. The van der Waals surface area contributed by atoms with Gasteiger partial charge in [0.25, 0.3) is 0 Å². The molecule has 0 saturated carbocycles. The molecule has 80 valence electrons. The topological polar surface area (TPSA) is 34.1 Å². The Hall–Kier alpha value is -0.510. The lowest BCUT2D eigenvalue weighted by Crippen LogP contribution is -2.50. The highest BCUT2D eigenvalue weighted by Gasteiger charge is 2.18. The third-order valence-electron chi connectivity index (χ3n) is 1.89. The molecule has 0 bridgehead atoms. The van der Waals surface area contributed by atoms with Gasteiger partial charge in [-0.2, -0.15) is 0 Å². The van der Waals surface area contributed by atoms with Crippen molar-refractivity contribution in [2.45, 2.75) is 13.0 Å². The summed E-state index contributed by atoms with van der Waals surface area (Å²) >= 11 is 0. The van der Waals surface area contributed by atoms with E-state index < -0.39 is 0 Å². The third kappa shape index (κ3) is 3.33. The van der Waals surface area contributed by atoms with Crippen LogP contribution in [-0.2, 0) is 0 Å². The van der Waals surface area contributed by atoms with Crippen molar-refractivity contribution in [3.63, 3.8) is 0 Å². The Bertz CT molecular complexity index is 279. The average molecular weight is 237 g/mol. The van der Waals surface area contributed by atoms with Crippen LogP contribution >= 0.6 is 24.8 Å². The molecule has 0 spiro atoms. The van der Waals surface area contributed by atoms with Crippen molar-refractivity contribution in [1.82, 2.24) is 10.3 Å². The molecule has 1 aliphatic rings. The highest BCUT2D eigenvalue weighted by Crippen LogP contribution is 2.10. The van der Waals surface area contributed by atoms with Crippen molar-refractivity contribution in [1.29, 1.82) is 0 Å². The smallest absolute Gasteiger partial charge is 0.213 e. The minimum atomic E-state index is 0. The number of hydrogen-bond donors (Lipinski definition) is 1. The van der Waals surface area contributed by atoms with Crippen LogP contribution in [0.2, 0.25) is 0 Å². The largest absolute Gasteiger partial charge is 0.472 e. The van der Waals surface area contributed by atoms with Gasteiger partial charge >= 0.3 is 0 Å². The molecule has 0 aromatic carbocycles. The molecule has 1 aliphatic heterocycles. The number of hydrogen-bond acceptors (Lipinski definition) is 3. The average Bonchev–Trinajstić information content (AvgIpc) is 1.97. The fraction of sp³-hybridized carbons (Fsp3) is 0.444. The van der Waals surface area contributed by atoms with Crippen LogP contribution in [0, 0.1) is 6.92 Å². The lowest BCUT2D eigenvalue weighted by Gasteiger charge is -2.27. The molecule has 1 aromatic rings. The standard InChI is InChI=1S/C9H12N2O.2ClH/c1-7-3-2-4-9(11-7)12-8-5-10-6-8;;/h2-4,8,10H,5-6H2,1H3;2*1H. The predicted molar refractivity (Wildman–Crippen MR) is 60.8 cm³/mol. The van der Waals surface area contributed by atoms with Crippen molar-refractivity contribution in [3.8, 4) is 5.88 Å². The number of pyridine rings is 1. The van der Waals surface area contributed by atoms with Crippen molar-refractivity contribution in [3.05, 3.63) is 23.9 Å². The van der Waals surface area contributed by atoms with Gasteiger partial charge < -0.3 is 10.1 Å².